The van der Waals surface area contributed by atoms with Gasteiger partial charge in [0.25, 0.3) is 0 Å². The van der Waals surface area contributed by atoms with Gasteiger partial charge in [-0.1, -0.05) is 26.7 Å². The second kappa shape index (κ2) is 5.61. The van der Waals surface area contributed by atoms with E-state index in [1.807, 2.05) is 23.0 Å². The Hall–Kier alpha value is -1.42. The van der Waals surface area contributed by atoms with Crippen molar-refractivity contribution in [1.29, 1.82) is 0 Å². The van der Waals surface area contributed by atoms with Crippen molar-refractivity contribution in [3.8, 4) is 0 Å². The van der Waals surface area contributed by atoms with Crippen LogP contribution in [0.15, 0.2) is 18.5 Å². The normalized spacial score (nSPS) is 10.4. The van der Waals surface area contributed by atoms with E-state index in [9.17, 15) is 0 Å². The van der Waals surface area contributed by atoms with Crippen molar-refractivity contribution in [2.75, 3.05) is 0 Å². The standard InChI is InChI=1S/C12H17N3.H3N/c1-3-6-10-11(7-4-2)14-15-9-5-8-13-12(10)15;/h5,8-9H,3-4,6-7H2,1-2H3;1H3. The van der Waals surface area contributed by atoms with Crippen molar-refractivity contribution >= 4 is 5.65 Å². The number of hydrogen-bond acceptors (Lipinski definition) is 3. The maximum Gasteiger partial charge on any atom is 0.158 e. The van der Waals surface area contributed by atoms with Crippen molar-refractivity contribution in [3.63, 3.8) is 0 Å². The molecule has 4 heteroatoms. The Kier molecular flexibility index (Phi) is 4.43. The number of aryl methyl sites for hydroxylation is 2. The summed E-state index contributed by atoms with van der Waals surface area (Å²) in [5, 5.41) is 4.58. The lowest BCUT2D eigenvalue weighted by molar-refractivity contribution is 0.817. The quantitative estimate of drug-likeness (QED) is 0.861. The maximum atomic E-state index is 4.58. The van der Waals surface area contributed by atoms with Crippen LogP contribution in [0.25, 0.3) is 5.65 Å². The fraction of sp³-hybridized carbons (Fsp3) is 0.500. The number of hydrogen-bond donors (Lipinski definition) is 1. The molecule has 3 N–H and O–H groups in total. The van der Waals surface area contributed by atoms with Crippen LogP contribution >= 0.6 is 0 Å². The third kappa shape index (κ3) is 2.22. The summed E-state index contributed by atoms with van der Waals surface area (Å²) in [6.45, 7) is 4.38. The summed E-state index contributed by atoms with van der Waals surface area (Å²) in [5.74, 6) is 0. The van der Waals surface area contributed by atoms with Gasteiger partial charge in [0.1, 0.15) is 0 Å². The molecule has 0 spiro atoms. The Morgan fingerprint density at radius 2 is 1.94 bits per heavy atom. The highest BCUT2D eigenvalue weighted by molar-refractivity contribution is 5.49. The van der Waals surface area contributed by atoms with Crippen LogP contribution < -0.4 is 6.15 Å². The molecular formula is C12H20N4. The molecule has 4 nitrogen and oxygen atoms in total. The third-order valence-electron chi connectivity index (χ3n) is 2.56. The summed E-state index contributed by atoms with van der Waals surface area (Å²) in [4.78, 5) is 4.40. The fourth-order valence-electron chi connectivity index (χ4n) is 1.92. The molecule has 0 radical (unpaired) electrons. The summed E-state index contributed by atoms with van der Waals surface area (Å²) in [6.07, 6.45) is 8.23. The predicted octanol–water partition coefficient (Wildman–Crippen LogP) is 2.80. The van der Waals surface area contributed by atoms with Gasteiger partial charge in [0.2, 0.25) is 0 Å². The number of nitrogens with zero attached hydrogens (tertiary/aromatic N) is 3. The zero-order valence-corrected chi connectivity index (χ0v) is 10.1. The van der Waals surface area contributed by atoms with Gasteiger partial charge in [-0.15, -0.1) is 0 Å². The highest BCUT2D eigenvalue weighted by atomic mass is 15.2. The molecule has 0 unspecified atom stereocenters. The van der Waals surface area contributed by atoms with Gasteiger partial charge < -0.3 is 6.15 Å². The minimum absolute atomic E-state index is 0. The van der Waals surface area contributed by atoms with Crippen molar-refractivity contribution in [3.05, 3.63) is 29.7 Å². The lowest BCUT2D eigenvalue weighted by atomic mass is 10.1. The van der Waals surface area contributed by atoms with E-state index in [-0.39, 0.29) is 6.15 Å². The first kappa shape index (κ1) is 12.6. The zero-order chi connectivity index (χ0) is 10.7. The Morgan fingerprint density at radius 1 is 1.19 bits per heavy atom. The van der Waals surface area contributed by atoms with E-state index in [0.717, 1.165) is 31.3 Å². The topological polar surface area (TPSA) is 65.2 Å². The summed E-state index contributed by atoms with van der Waals surface area (Å²) in [7, 11) is 0. The SMILES string of the molecule is CCCc1nn2cccnc2c1CCC.N. The number of fused-ring (bicyclic) bond motifs is 1. The second-order valence-electron chi connectivity index (χ2n) is 3.81. The average molecular weight is 220 g/mol. The van der Waals surface area contributed by atoms with E-state index >= 15 is 0 Å². The summed E-state index contributed by atoms with van der Waals surface area (Å²) in [6, 6.07) is 1.92. The zero-order valence-electron chi connectivity index (χ0n) is 10.1. The van der Waals surface area contributed by atoms with Gasteiger partial charge in [-0.3, -0.25) is 0 Å². The van der Waals surface area contributed by atoms with Crippen LogP contribution in [0.1, 0.15) is 37.9 Å². The molecular weight excluding hydrogens is 200 g/mol. The monoisotopic (exact) mass is 220 g/mol. The average Bonchev–Trinajstić information content (AvgIpc) is 2.59. The lowest BCUT2D eigenvalue weighted by Gasteiger charge is -1.98. The Bertz CT molecular complexity index is 447. The Balaban J connectivity index is 0.00000128. The summed E-state index contributed by atoms with van der Waals surface area (Å²) >= 11 is 0. The molecule has 0 fully saturated rings. The molecule has 0 aliphatic carbocycles. The van der Waals surface area contributed by atoms with Gasteiger partial charge in [-0.25, -0.2) is 9.50 Å². The predicted molar refractivity (Wildman–Crippen MR) is 66.0 cm³/mol. The Morgan fingerprint density at radius 3 is 2.62 bits per heavy atom. The minimum Gasteiger partial charge on any atom is -0.344 e. The van der Waals surface area contributed by atoms with E-state index < -0.39 is 0 Å². The van der Waals surface area contributed by atoms with Gasteiger partial charge in [-0.05, 0) is 18.9 Å². The van der Waals surface area contributed by atoms with Gasteiger partial charge in [0.15, 0.2) is 5.65 Å². The second-order valence-corrected chi connectivity index (χ2v) is 3.81. The van der Waals surface area contributed by atoms with Gasteiger partial charge in [0, 0.05) is 18.0 Å². The lowest BCUT2D eigenvalue weighted by Crippen LogP contribution is -1.91. The molecule has 0 atom stereocenters. The first-order valence-corrected chi connectivity index (χ1v) is 5.68. The molecule has 16 heavy (non-hydrogen) atoms. The molecule has 2 rings (SSSR count). The van der Waals surface area contributed by atoms with Crippen LogP contribution in [0.2, 0.25) is 0 Å². The van der Waals surface area contributed by atoms with Crippen LogP contribution in [0.4, 0.5) is 0 Å². The minimum atomic E-state index is 0. The molecule has 88 valence electrons. The summed E-state index contributed by atoms with van der Waals surface area (Å²) in [5.41, 5.74) is 3.58. The molecule has 2 heterocycles. The van der Waals surface area contributed by atoms with Crippen LogP contribution in [0, 0.1) is 0 Å². The first-order valence-electron chi connectivity index (χ1n) is 5.68. The van der Waals surface area contributed by atoms with Gasteiger partial charge >= 0.3 is 0 Å². The highest BCUT2D eigenvalue weighted by Gasteiger charge is 2.11. The molecule has 2 aromatic rings. The highest BCUT2D eigenvalue weighted by Crippen LogP contribution is 2.16. The van der Waals surface area contributed by atoms with Crippen molar-refractivity contribution in [2.24, 2.45) is 0 Å². The molecule has 0 aliphatic rings. The largest absolute Gasteiger partial charge is 0.344 e. The van der Waals surface area contributed by atoms with E-state index in [1.165, 1.54) is 11.3 Å². The maximum absolute atomic E-state index is 4.58. The van der Waals surface area contributed by atoms with Crippen LogP contribution in [0.3, 0.4) is 0 Å². The first-order chi connectivity index (χ1) is 7.36. The number of aromatic nitrogens is 3. The van der Waals surface area contributed by atoms with E-state index in [0.29, 0.717) is 0 Å². The third-order valence-corrected chi connectivity index (χ3v) is 2.56. The van der Waals surface area contributed by atoms with Crippen molar-refractivity contribution < 1.29 is 0 Å². The van der Waals surface area contributed by atoms with Gasteiger partial charge in [0.05, 0.1) is 5.69 Å². The molecule has 0 saturated heterocycles. The molecule has 2 aromatic heterocycles. The Labute approximate surface area is 96.3 Å². The number of rotatable bonds is 4. The van der Waals surface area contributed by atoms with Gasteiger partial charge in [-0.2, -0.15) is 5.10 Å². The van der Waals surface area contributed by atoms with E-state index in [2.05, 4.69) is 23.9 Å². The summed E-state index contributed by atoms with van der Waals surface area (Å²) < 4.78 is 1.90. The van der Waals surface area contributed by atoms with Crippen LogP contribution in [-0.4, -0.2) is 14.6 Å². The molecule has 0 aliphatic heterocycles. The van der Waals surface area contributed by atoms with Crippen molar-refractivity contribution in [2.45, 2.75) is 39.5 Å². The fourth-order valence-corrected chi connectivity index (χ4v) is 1.92. The van der Waals surface area contributed by atoms with Crippen LogP contribution in [-0.2, 0) is 12.8 Å². The molecule has 0 aromatic carbocycles. The molecule has 0 amide bonds. The van der Waals surface area contributed by atoms with E-state index in [1.54, 1.807) is 0 Å². The van der Waals surface area contributed by atoms with Crippen molar-refractivity contribution in [1.82, 2.24) is 20.7 Å². The molecule has 0 bridgehead atoms. The van der Waals surface area contributed by atoms with Crippen LogP contribution in [0.5, 0.6) is 0 Å². The smallest absolute Gasteiger partial charge is 0.158 e. The molecule has 0 saturated carbocycles. The van der Waals surface area contributed by atoms with E-state index in [4.69, 9.17) is 0 Å².